The van der Waals surface area contributed by atoms with Crippen molar-refractivity contribution in [1.29, 1.82) is 5.26 Å². The molecule has 0 aliphatic rings. The summed E-state index contributed by atoms with van der Waals surface area (Å²) in [5, 5.41) is 11.8. The zero-order chi connectivity index (χ0) is 16.8. The summed E-state index contributed by atoms with van der Waals surface area (Å²) in [7, 11) is 1.84. The first-order valence-electron chi connectivity index (χ1n) is 7.38. The summed E-state index contributed by atoms with van der Waals surface area (Å²) in [6.07, 6.45) is 0. The molecule has 0 heterocycles. The fraction of sp³-hybridized carbons (Fsp3) is 0.222. The predicted octanol–water partition coefficient (Wildman–Crippen LogP) is 1.74. The van der Waals surface area contributed by atoms with E-state index in [0.717, 1.165) is 4.90 Å². The number of halogens is 1. The Bertz CT molecular complexity index is 739. The highest BCUT2D eigenvalue weighted by molar-refractivity contribution is 5.94. The van der Waals surface area contributed by atoms with E-state index in [1.807, 2.05) is 13.1 Å². The number of carbonyl (C=O) groups excluding carboxylic acids is 1. The molecular weight excluding hydrogens is 293 g/mol. The molecule has 118 valence electrons. The van der Waals surface area contributed by atoms with E-state index in [-0.39, 0.29) is 17.8 Å². The smallest absolute Gasteiger partial charge is 0.282 e. The Labute approximate surface area is 135 Å². The average molecular weight is 312 g/mol. The van der Waals surface area contributed by atoms with Crippen LogP contribution in [0.1, 0.15) is 18.1 Å². The molecule has 0 spiro atoms. The van der Waals surface area contributed by atoms with Crippen LogP contribution in [0.2, 0.25) is 0 Å². The molecular formula is C18H19FN3O+. The highest BCUT2D eigenvalue weighted by atomic mass is 19.1. The number of likely N-dealkylation sites (N-methyl/N-ethyl adjacent to an activating group) is 1. The molecule has 0 aromatic heterocycles. The molecule has 2 atom stereocenters. The second-order valence-electron chi connectivity index (χ2n) is 5.48. The maximum atomic E-state index is 13.7. The molecule has 0 aliphatic carbocycles. The molecule has 5 heteroatoms. The van der Waals surface area contributed by atoms with Crippen LogP contribution in [0, 0.1) is 17.1 Å². The van der Waals surface area contributed by atoms with E-state index in [4.69, 9.17) is 5.26 Å². The van der Waals surface area contributed by atoms with E-state index < -0.39 is 0 Å². The molecule has 2 rings (SSSR count). The minimum atomic E-state index is -0.388. The number of hydrogen-bond acceptors (Lipinski definition) is 2. The van der Waals surface area contributed by atoms with Gasteiger partial charge in [0, 0.05) is 5.56 Å². The summed E-state index contributed by atoms with van der Waals surface area (Å²) in [6.45, 7) is 2.18. The van der Waals surface area contributed by atoms with Crippen molar-refractivity contribution in [3.8, 4) is 6.07 Å². The van der Waals surface area contributed by atoms with Crippen LogP contribution in [0.15, 0.2) is 48.5 Å². The predicted molar refractivity (Wildman–Crippen MR) is 86.2 cm³/mol. The van der Waals surface area contributed by atoms with Crippen molar-refractivity contribution in [2.75, 3.05) is 12.4 Å². The summed E-state index contributed by atoms with van der Waals surface area (Å²) in [4.78, 5) is 13.2. The number of nitrogens with zero attached hydrogens (tertiary/aromatic N) is 1. The Morgan fingerprint density at radius 1 is 1.26 bits per heavy atom. The highest BCUT2D eigenvalue weighted by Gasteiger charge is 2.23. The fourth-order valence-electron chi connectivity index (χ4n) is 2.25. The molecule has 0 radical (unpaired) electrons. The van der Waals surface area contributed by atoms with Gasteiger partial charge in [-0.2, -0.15) is 5.26 Å². The van der Waals surface area contributed by atoms with Crippen LogP contribution < -0.4 is 10.2 Å². The van der Waals surface area contributed by atoms with Gasteiger partial charge in [0.1, 0.15) is 18.4 Å². The first kappa shape index (κ1) is 16.7. The molecule has 23 heavy (non-hydrogen) atoms. The lowest BCUT2D eigenvalue weighted by Gasteiger charge is -2.21. The standard InChI is InChI=1S/C18H18FN3O/c1-13(22(2)12-15-8-3-5-9-16(15)19)18(23)21-17-10-6-4-7-14(17)11-20/h3-10,13H,12H2,1-2H3,(H,21,23)/p+1/t13-/m1/s1. The SMILES string of the molecule is C[C@H](C(=O)Nc1ccccc1C#N)[NH+](C)Cc1ccccc1F. The number of hydrogen-bond donors (Lipinski definition) is 2. The number of anilines is 1. The summed E-state index contributed by atoms with van der Waals surface area (Å²) in [5.74, 6) is -0.476. The lowest BCUT2D eigenvalue weighted by atomic mass is 10.1. The molecule has 4 nitrogen and oxygen atoms in total. The van der Waals surface area contributed by atoms with Crippen LogP contribution in [0.25, 0.3) is 0 Å². The fourth-order valence-corrected chi connectivity index (χ4v) is 2.25. The van der Waals surface area contributed by atoms with Gasteiger partial charge >= 0.3 is 0 Å². The van der Waals surface area contributed by atoms with Gasteiger partial charge in [-0.25, -0.2) is 4.39 Å². The van der Waals surface area contributed by atoms with Crippen molar-refractivity contribution in [3.63, 3.8) is 0 Å². The lowest BCUT2D eigenvalue weighted by Crippen LogP contribution is -3.12. The van der Waals surface area contributed by atoms with Crippen LogP contribution in [0.3, 0.4) is 0 Å². The van der Waals surface area contributed by atoms with Crippen LogP contribution in [0.4, 0.5) is 10.1 Å². The maximum absolute atomic E-state index is 13.7. The molecule has 2 N–H and O–H groups in total. The third kappa shape index (κ3) is 4.15. The number of carbonyl (C=O) groups is 1. The quantitative estimate of drug-likeness (QED) is 0.883. The molecule has 0 saturated carbocycles. The van der Waals surface area contributed by atoms with E-state index in [1.54, 1.807) is 49.4 Å². The van der Waals surface area contributed by atoms with Crippen molar-refractivity contribution in [2.45, 2.75) is 19.5 Å². The topological polar surface area (TPSA) is 57.3 Å². The molecule has 2 aromatic carbocycles. The number of nitriles is 1. The molecule has 1 unspecified atom stereocenters. The van der Waals surface area contributed by atoms with Crippen LogP contribution >= 0.6 is 0 Å². The van der Waals surface area contributed by atoms with Gasteiger partial charge in [-0.1, -0.05) is 30.3 Å². The third-order valence-electron chi connectivity index (χ3n) is 3.86. The third-order valence-corrected chi connectivity index (χ3v) is 3.86. The largest absolute Gasteiger partial charge is 0.324 e. The second-order valence-corrected chi connectivity index (χ2v) is 5.48. The number of rotatable bonds is 5. The van der Waals surface area contributed by atoms with Gasteiger partial charge in [0.2, 0.25) is 0 Å². The molecule has 0 saturated heterocycles. The number of benzene rings is 2. The van der Waals surface area contributed by atoms with E-state index in [2.05, 4.69) is 5.32 Å². The number of nitrogens with one attached hydrogen (secondary N) is 2. The van der Waals surface area contributed by atoms with Crippen LogP contribution in [-0.4, -0.2) is 19.0 Å². The van der Waals surface area contributed by atoms with E-state index in [0.29, 0.717) is 23.4 Å². The zero-order valence-corrected chi connectivity index (χ0v) is 13.1. The van der Waals surface area contributed by atoms with Gasteiger partial charge < -0.3 is 10.2 Å². The van der Waals surface area contributed by atoms with Gasteiger partial charge in [0.15, 0.2) is 6.04 Å². The second kappa shape index (κ2) is 7.52. The van der Waals surface area contributed by atoms with Gasteiger partial charge in [-0.05, 0) is 25.1 Å². The van der Waals surface area contributed by atoms with Gasteiger partial charge in [-0.3, -0.25) is 4.79 Å². The van der Waals surface area contributed by atoms with Gasteiger partial charge in [0.25, 0.3) is 5.91 Å². The number of amides is 1. The Kier molecular flexibility index (Phi) is 5.45. The Morgan fingerprint density at radius 3 is 2.61 bits per heavy atom. The first-order valence-corrected chi connectivity index (χ1v) is 7.38. The van der Waals surface area contributed by atoms with Gasteiger partial charge in [0.05, 0.1) is 18.3 Å². The average Bonchev–Trinajstić information content (AvgIpc) is 2.56. The first-order chi connectivity index (χ1) is 11.0. The van der Waals surface area contributed by atoms with Crippen molar-refractivity contribution < 1.29 is 14.1 Å². The monoisotopic (exact) mass is 312 g/mol. The summed E-state index contributed by atoms with van der Waals surface area (Å²) < 4.78 is 13.7. The van der Waals surface area contributed by atoms with Crippen molar-refractivity contribution in [1.82, 2.24) is 0 Å². The Balaban J connectivity index is 2.04. The number of quaternary nitrogens is 1. The zero-order valence-electron chi connectivity index (χ0n) is 13.1. The van der Waals surface area contributed by atoms with E-state index in [1.165, 1.54) is 6.07 Å². The number of para-hydroxylation sites is 1. The molecule has 0 fully saturated rings. The van der Waals surface area contributed by atoms with Gasteiger partial charge in [-0.15, -0.1) is 0 Å². The minimum absolute atomic E-state index is 0.207. The minimum Gasteiger partial charge on any atom is -0.324 e. The Morgan fingerprint density at radius 2 is 1.91 bits per heavy atom. The van der Waals surface area contributed by atoms with Crippen molar-refractivity contribution in [3.05, 3.63) is 65.5 Å². The summed E-state index contributed by atoms with van der Waals surface area (Å²) in [6, 6.07) is 15.0. The molecule has 0 aliphatic heterocycles. The van der Waals surface area contributed by atoms with Crippen molar-refractivity contribution >= 4 is 11.6 Å². The van der Waals surface area contributed by atoms with Crippen LogP contribution in [0.5, 0.6) is 0 Å². The lowest BCUT2D eigenvalue weighted by molar-refractivity contribution is -0.908. The van der Waals surface area contributed by atoms with E-state index >= 15 is 0 Å². The normalized spacial score (nSPS) is 13.0. The van der Waals surface area contributed by atoms with Crippen molar-refractivity contribution in [2.24, 2.45) is 0 Å². The Hall–Kier alpha value is -2.71. The molecule has 1 amide bonds. The molecule has 2 aromatic rings. The molecule has 0 bridgehead atoms. The summed E-state index contributed by atoms with van der Waals surface area (Å²) >= 11 is 0. The highest BCUT2D eigenvalue weighted by Crippen LogP contribution is 2.13. The maximum Gasteiger partial charge on any atom is 0.282 e. The van der Waals surface area contributed by atoms with Crippen LogP contribution in [-0.2, 0) is 11.3 Å². The van der Waals surface area contributed by atoms with E-state index in [9.17, 15) is 9.18 Å². The summed E-state index contributed by atoms with van der Waals surface area (Å²) in [5.41, 5.74) is 1.48.